The van der Waals surface area contributed by atoms with Crippen LogP contribution in [-0.4, -0.2) is 24.1 Å². The molecule has 5 nitrogen and oxygen atoms in total. The Kier molecular flexibility index (Phi) is 3.64. The van der Waals surface area contributed by atoms with Crippen LogP contribution in [0.2, 0.25) is 0 Å². The Morgan fingerprint density at radius 3 is 2.55 bits per heavy atom. The number of carboxylic acids is 1. The number of benzene rings is 1. The molecule has 0 aromatic heterocycles. The molecule has 0 unspecified atom stereocenters. The van der Waals surface area contributed by atoms with Crippen LogP contribution in [0.25, 0.3) is 0 Å². The van der Waals surface area contributed by atoms with E-state index in [0.29, 0.717) is 11.4 Å². The van der Waals surface area contributed by atoms with Gasteiger partial charge in [-0.25, -0.2) is 0 Å². The largest absolute Gasteiger partial charge is 0.495 e. The predicted molar refractivity (Wildman–Crippen MR) is 81.7 cm³/mol. The topological polar surface area (TPSA) is 75.6 Å². The summed E-state index contributed by atoms with van der Waals surface area (Å²) in [5.74, 6) is -1.73. The van der Waals surface area contributed by atoms with Crippen molar-refractivity contribution in [2.24, 2.45) is 23.7 Å². The molecule has 0 radical (unpaired) electrons. The Morgan fingerprint density at radius 1 is 1.23 bits per heavy atom. The maximum absolute atomic E-state index is 12.6. The minimum absolute atomic E-state index is 0.0157. The van der Waals surface area contributed by atoms with Crippen molar-refractivity contribution in [3.05, 3.63) is 35.9 Å². The second-order valence-corrected chi connectivity index (χ2v) is 6.03. The number of carbonyl (C=O) groups excluding carboxylic acids is 1. The van der Waals surface area contributed by atoms with Gasteiger partial charge in [-0.3, -0.25) is 9.59 Å². The first-order valence-electron chi connectivity index (χ1n) is 7.38. The standard InChI is InChI=1S/C17H19NO4/c1-9-3-6-13(22-2)12(7-9)18-16(19)14-10-4-5-11(8-10)15(14)17(20)21/h3-7,10-11,14-15H,8H2,1-2H3,(H,18,19)(H,20,21)/t10-,11-,14+,15+/m0/s1. The summed E-state index contributed by atoms with van der Waals surface area (Å²) in [7, 11) is 1.54. The second kappa shape index (κ2) is 5.48. The van der Waals surface area contributed by atoms with E-state index in [0.717, 1.165) is 12.0 Å². The van der Waals surface area contributed by atoms with Gasteiger partial charge in [0.25, 0.3) is 0 Å². The fourth-order valence-corrected chi connectivity index (χ4v) is 3.65. The van der Waals surface area contributed by atoms with Gasteiger partial charge in [0.1, 0.15) is 5.75 Å². The normalized spacial score (nSPS) is 28.6. The molecule has 2 aliphatic carbocycles. The van der Waals surface area contributed by atoms with Crippen LogP contribution in [0, 0.1) is 30.6 Å². The summed E-state index contributed by atoms with van der Waals surface area (Å²) >= 11 is 0. The average molecular weight is 301 g/mol. The highest BCUT2D eigenvalue weighted by atomic mass is 16.5. The number of hydrogen-bond donors (Lipinski definition) is 2. The summed E-state index contributed by atoms with van der Waals surface area (Å²) in [6.45, 7) is 1.93. The molecule has 1 saturated carbocycles. The lowest BCUT2D eigenvalue weighted by Crippen LogP contribution is -2.36. The Morgan fingerprint density at radius 2 is 1.91 bits per heavy atom. The molecule has 0 saturated heterocycles. The number of methoxy groups -OCH3 is 1. The molecule has 2 aliphatic rings. The smallest absolute Gasteiger partial charge is 0.307 e. The first-order chi connectivity index (χ1) is 10.5. The highest BCUT2D eigenvalue weighted by Crippen LogP contribution is 2.48. The minimum atomic E-state index is -0.895. The summed E-state index contributed by atoms with van der Waals surface area (Å²) in [6.07, 6.45) is 4.66. The number of carbonyl (C=O) groups is 2. The zero-order chi connectivity index (χ0) is 15.9. The molecule has 116 valence electrons. The van der Waals surface area contributed by atoms with E-state index in [9.17, 15) is 14.7 Å². The SMILES string of the molecule is COc1ccc(C)cc1NC(=O)[C@H]1[C@H](C(=O)O)[C@H]2C=C[C@H]1C2. The van der Waals surface area contributed by atoms with Crippen molar-refractivity contribution in [1.82, 2.24) is 0 Å². The fourth-order valence-electron chi connectivity index (χ4n) is 3.65. The number of fused-ring (bicyclic) bond motifs is 2. The van der Waals surface area contributed by atoms with E-state index >= 15 is 0 Å². The number of rotatable bonds is 4. The lowest BCUT2D eigenvalue weighted by molar-refractivity contribution is -0.146. The zero-order valence-electron chi connectivity index (χ0n) is 12.6. The van der Waals surface area contributed by atoms with Gasteiger partial charge in [0, 0.05) is 0 Å². The molecule has 5 heteroatoms. The minimum Gasteiger partial charge on any atom is -0.495 e. The molecule has 4 atom stereocenters. The highest BCUT2D eigenvalue weighted by molar-refractivity contribution is 5.97. The molecular weight excluding hydrogens is 282 g/mol. The van der Waals surface area contributed by atoms with E-state index in [-0.39, 0.29) is 17.7 Å². The third kappa shape index (κ3) is 2.36. The van der Waals surface area contributed by atoms with E-state index in [1.807, 2.05) is 31.2 Å². The summed E-state index contributed by atoms with van der Waals surface area (Å²) in [5, 5.41) is 12.3. The molecule has 0 spiro atoms. The number of amides is 1. The number of ether oxygens (including phenoxy) is 1. The van der Waals surface area contributed by atoms with Crippen LogP contribution < -0.4 is 10.1 Å². The molecule has 3 rings (SSSR count). The summed E-state index contributed by atoms with van der Waals surface area (Å²) in [4.78, 5) is 24.1. The van der Waals surface area contributed by atoms with Crippen molar-refractivity contribution in [2.45, 2.75) is 13.3 Å². The molecule has 2 bridgehead atoms. The molecule has 2 N–H and O–H groups in total. The molecule has 1 aromatic rings. The molecule has 1 fully saturated rings. The van der Waals surface area contributed by atoms with Crippen LogP contribution in [0.5, 0.6) is 5.75 Å². The molecule has 0 aliphatic heterocycles. The quantitative estimate of drug-likeness (QED) is 0.838. The Bertz CT molecular complexity index is 652. The van der Waals surface area contributed by atoms with E-state index < -0.39 is 17.8 Å². The van der Waals surface area contributed by atoms with Crippen LogP contribution >= 0.6 is 0 Å². The first-order valence-corrected chi connectivity index (χ1v) is 7.38. The number of allylic oxidation sites excluding steroid dienone is 2. The predicted octanol–water partition coefficient (Wildman–Crippen LogP) is 2.47. The van der Waals surface area contributed by atoms with Gasteiger partial charge in [0.05, 0.1) is 24.6 Å². The van der Waals surface area contributed by atoms with Crippen LogP contribution in [0.15, 0.2) is 30.4 Å². The van der Waals surface area contributed by atoms with Crippen LogP contribution in [0.3, 0.4) is 0 Å². The highest BCUT2D eigenvalue weighted by Gasteiger charge is 2.51. The molecule has 1 amide bonds. The Labute approximate surface area is 129 Å². The Balaban J connectivity index is 1.84. The maximum atomic E-state index is 12.6. The molecule has 0 heterocycles. The number of carboxylic acid groups (broad SMARTS) is 1. The number of aryl methyl sites for hydroxylation is 1. The molecular formula is C17H19NO4. The fraction of sp³-hybridized carbons (Fsp3) is 0.412. The van der Waals surface area contributed by atoms with Crippen LogP contribution in [0.4, 0.5) is 5.69 Å². The van der Waals surface area contributed by atoms with Crippen molar-refractivity contribution >= 4 is 17.6 Å². The lowest BCUT2D eigenvalue weighted by Gasteiger charge is -2.24. The number of aliphatic carboxylic acids is 1. The van der Waals surface area contributed by atoms with Gasteiger partial charge in [-0.05, 0) is 42.9 Å². The van der Waals surface area contributed by atoms with E-state index in [4.69, 9.17) is 4.74 Å². The van der Waals surface area contributed by atoms with Crippen molar-refractivity contribution in [1.29, 1.82) is 0 Å². The second-order valence-electron chi connectivity index (χ2n) is 6.03. The van der Waals surface area contributed by atoms with Crippen molar-refractivity contribution in [3.63, 3.8) is 0 Å². The van der Waals surface area contributed by atoms with Gasteiger partial charge < -0.3 is 15.2 Å². The Hall–Kier alpha value is -2.30. The maximum Gasteiger partial charge on any atom is 0.307 e. The van der Waals surface area contributed by atoms with Gasteiger partial charge in [-0.15, -0.1) is 0 Å². The number of nitrogens with one attached hydrogen (secondary N) is 1. The van der Waals surface area contributed by atoms with E-state index in [1.165, 1.54) is 0 Å². The van der Waals surface area contributed by atoms with Gasteiger partial charge in [0.15, 0.2) is 0 Å². The monoisotopic (exact) mass is 301 g/mol. The van der Waals surface area contributed by atoms with Gasteiger partial charge >= 0.3 is 5.97 Å². The molecule has 22 heavy (non-hydrogen) atoms. The van der Waals surface area contributed by atoms with Crippen LogP contribution in [-0.2, 0) is 9.59 Å². The molecule has 1 aromatic carbocycles. The van der Waals surface area contributed by atoms with Gasteiger partial charge in [-0.1, -0.05) is 18.2 Å². The average Bonchev–Trinajstić information content (AvgIpc) is 3.08. The van der Waals surface area contributed by atoms with E-state index in [1.54, 1.807) is 13.2 Å². The van der Waals surface area contributed by atoms with Crippen LogP contribution in [0.1, 0.15) is 12.0 Å². The van der Waals surface area contributed by atoms with Gasteiger partial charge in [-0.2, -0.15) is 0 Å². The summed E-state index contributed by atoms with van der Waals surface area (Å²) in [5.41, 5.74) is 1.59. The van der Waals surface area contributed by atoms with Crippen molar-refractivity contribution in [2.75, 3.05) is 12.4 Å². The number of anilines is 1. The van der Waals surface area contributed by atoms with Crippen molar-refractivity contribution in [3.8, 4) is 5.75 Å². The number of hydrogen-bond acceptors (Lipinski definition) is 3. The summed E-state index contributed by atoms with van der Waals surface area (Å²) in [6, 6.07) is 5.52. The van der Waals surface area contributed by atoms with E-state index in [2.05, 4.69) is 5.32 Å². The third-order valence-electron chi connectivity index (χ3n) is 4.66. The van der Waals surface area contributed by atoms with Crippen molar-refractivity contribution < 1.29 is 19.4 Å². The van der Waals surface area contributed by atoms with Gasteiger partial charge in [0.2, 0.25) is 5.91 Å². The lowest BCUT2D eigenvalue weighted by atomic mass is 9.82. The zero-order valence-corrected chi connectivity index (χ0v) is 12.6. The third-order valence-corrected chi connectivity index (χ3v) is 4.66. The summed E-state index contributed by atoms with van der Waals surface area (Å²) < 4.78 is 5.26. The first kappa shape index (κ1) is 14.6.